The van der Waals surface area contributed by atoms with E-state index in [1.54, 1.807) is 7.11 Å². The Morgan fingerprint density at radius 3 is 2.50 bits per heavy atom. The van der Waals surface area contributed by atoms with Crippen molar-refractivity contribution in [3.8, 4) is 16.9 Å². The van der Waals surface area contributed by atoms with Crippen LogP contribution in [0.4, 0.5) is 0 Å². The molecule has 1 nitrogen and oxygen atoms in total. The lowest BCUT2D eigenvalue weighted by atomic mass is 9.98. The monoisotopic (exact) mass is 233 g/mol. The highest BCUT2D eigenvalue weighted by Gasteiger charge is 2.04. The van der Waals surface area contributed by atoms with Crippen LogP contribution in [-0.4, -0.2) is 7.11 Å². The molecule has 0 fully saturated rings. The summed E-state index contributed by atoms with van der Waals surface area (Å²) in [5.41, 5.74) is 2.25. The van der Waals surface area contributed by atoms with E-state index in [0.29, 0.717) is 0 Å². The number of hydrogen-bond acceptors (Lipinski definition) is 1. The lowest BCUT2D eigenvalue weighted by Crippen LogP contribution is -1.85. The van der Waals surface area contributed by atoms with Crippen molar-refractivity contribution in [2.45, 2.75) is 0 Å². The van der Waals surface area contributed by atoms with E-state index in [1.807, 2.05) is 12.1 Å². The summed E-state index contributed by atoms with van der Waals surface area (Å²) in [4.78, 5) is 0. The van der Waals surface area contributed by atoms with Crippen molar-refractivity contribution >= 4 is 10.8 Å². The molecule has 1 heteroatoms. The minimum absolute atomic E-state index is 0.764. The summed E-state index contributed by atoms with van der Waals surface area (Å²) in [5.74, 6) is 0.764. The Kier molecular flexibility index (Phi) is 2.73. The SMILES string of the molecule is COc1[c]c(-c2cccc3ccccc23)ccc1. The van der Waals surface area contributed by atoms with E-state index in [-0.39, 0.29) is 0 Å². The van der Waals surface area contributed by atoms with E-state index in [4.69, 9.17) is 4.74 Å². The molecule has 3 aromatic carbocycles. The molecule has 87 valence electrons. The van der Waals surface area contributed by atoms with Crippen molar-refractivity contribution in [2.75, 3.05) is 7.11 Å². The van der Waals surface area contributed by atoms with Crippen molar-refractivity contribution in [3.63, 3.8) is 0 Å². The minimum atomic E-state index is 0.764. The minimum Gasteiger partial charge on any atom is -0.496 e. The highest BCUT2D eigenvalue weighted by molar-refractivity contribution is 5.96. The van der Waals surface area contributed by atoms with E-state index in [2.05, 4.69) is 54.6 Å². The fraction of sp³-hybridized carbons (Fsp3) is 0.0588. The summed E-state index contributed by atoms with van der Waals surface area (Å²) in [7, 11) is 1.67. The summed E-state index contributed by atoms with van der Waals surface area (Å²) in [5, 5.41) is 2.48. The molecule has 0 heterocycles. The molecule has 3 rings (SSSR count). The van der Waals surface area contributed by atoms with Crippen LogP contribution in [0.15, 0.2) is 60.7 Å². The molecule has 0 unspecified atom stereocenters. The molecule has 0 atom stereocenters. The van der Waals surface area contributed by atoms with E-state index in [9.17, 15) is 0 Å². The van der Waals surface area contributed by atoms with Gasteiger partial charge in [-0.25, -0.2) is 0 Å². The molecule has 0 saturated heterocycles. The predicted molar refractivity (Wildman–Crippen MR) is 74.8 cm³/mol. The molecule has 18 heavy (non-hydrogen) atoms. The van der Waals surface area contributed by atoms with Gasteiger partial charge >= 0.3 is 0 Å². The molecule has 0 aromatic heterocycles. The molecule has 1 radical (unpaired) electrons. The Morgan fingerprint density at radius 2 is 1.61 bits per heavy atom. The average Bonchev–Trinajstić information content (AvgIpc) is 2.47. The Labute approximate surface area is 107 Å². The first-order valence-corrected chi connectivity index (χ1v) is 5.93. The molecule has 0 aliphatic carbocycles. The van der Waals surface area contributed by atoms with E-state index >= 15 is 0 Å². The van der Waals surface area contributed by atoms with Gasteiger partial charge in [0.2, 0.25) is 0 Å². The maximum Gasteiger partial charge on any atom is 0.127 e. The molecule has 0 aliphatic heterocycles. The lowest BCUT2D eigenvalue weighted by Gasteiger charge is -2.07. The van der Waals surface area contributed by atoms with Crippen molar-refractivity contribution in [2.24, 2.45) is 0 Å². The van der Waals surface area contributed by atoms with Gasteiger partial charge in [0, 0.05) is 6.07 Å². The van der Waals surface area contributed by atoms with Crippen LogP contribution in [0, 0.1) is 6.07 Å². The quantitative estimate of drug-likeness (QED) is 0.640. The highest BCUT2D eigenvalue weighted by atomic mass is 16.5. The van der Waals surface area contributed by atoms with Crippen molar-refractivity contribution in [1.29, 1.82) is 0 Å². The van der Waals surface area contributed by atoms with Gasteiger partial charge in [-0.2, -0.15) is 0 Å². The number of fused-ring (bicyclic) bond motifs is 1. The Bertz CT molecular complexity index is 681. The predicted octanol–water partition coefficient (Wildman–Crippen LogP) is 4.32. The average molecular weight is 233 g/mol. The van der Waals surface area contributed by atoms with Crippen LogP contribution in [0.1, 0.15) is 0 Å². The first-order chi connectivity index (χ1) is 8.88. The van der Waals surface area contributed by atoms with E-state index < -0.39 is 0 Å². The Hall–Kier alpha value is -2.28. The highest BCUT2D eigenvalue weighted by Crippen LogP contribution is 2.29. The number of hydrogen-bond donors (Lipinski definition) is 0. The summed E-state index contributed by atoms with van der Waals surface area (Å²) in [6.07, 6.45) is 0. The summed E-state index contributed by atoms with van der Waals surface area (Å²) in [6, 6.07) is 23.9. The maximum absolute atomic E-state index is 5.23. The Balaban J connectivity index is 2.24. The third-order valence-corrected chi connectivity index (χ3v) is 3.07. The van der Waals surface area contributed by atoms with Crippen LogP contribution in [0.2, 0.25) is 0 Å². The molecule has 0 amide bonds. The van der Waals surface area contributed by atoms with Gasteiger partial charge in [0.1, 0.15) is 5.75 Å². The van der Waals surface area contributed by atoms with Gasteiger partial charge in [-0.05, 0) is 28.0 Å². The number of rotatable bonds is 2. The number of benzene rings is 3. The van der Waals surface area contributed by atoms with Crippen LogP contribution in [0.3, 0.4) is 0 Å². The Morgan fingerprint density at radius 1 is 0.833 bits per heavy atom. The van der Waals surface area contributed by atoms with Crippen LogP contribution in [-0.2, 0) is 0 Å². The zero-order chi connectivity index (χ0) is 12.4. The molecule has 0 saturated carbocycles. The van der Waals surface area contributed by atoms with E-state index in [0.717, 1.165) is 11.3 Å². The second-order valence-corrected chi connectivity index (χ2v) is 4.16. The smallest absolute Gasteiger partial charge is 0.127 e. The summed E-state index contributed by atoms with van der Waals surface area (Å²) < 4.78 is 5.23. The van der Waals surface area contributed by atoms with Gasteiger partial charge in [0.25, 0.3) is 0 Å². The zero-order valence-electron chi connectivity index (χ0n) is 10.2. The van der Waals surface area contributed by atoms with Crippen molar-refractivity contribution in [3.05, 3.63) is 66.7 Å². The fourth-order valence-electron chi connectivity index (χ4n) is 2.18. The van der Waals surface area contributed by atoms with Gasteiger partial charge in [-0.3, -0.25) is 0 Å². The summed E-state index contributed by atoms with van der Waals surface area (Å²) >= 11 is 0. The van der Waals surface area contributed by atoms with Gasteiger partial charge < -0.3 is 4.74 Å². The van der Waals surface area contributed by atoms with Crippen molar-refractivity contribution in [1.82, 2.24) is 0 Å². The normalized spacial score (nSPS) is 10.5. The third kappa shape index (κ3) is 1.84. The standard InChI is InChI=1S/C17H13O/c1-18-15-9-4-8-14(12-15)17-11-5-7-13-6-2-3-10-16(13)17/h2-11H,1H3. The molecule has 0 bridgehead atoms. The van der Waals surface area contributed by atoms with Gasteiger partial charge in [-0.15, -0.1) is 0 Å². The molecule has 0 spiro atoms. The third-order valence-electron chi connectivity index (χ3n) is 3.07. The van der Waals surface area contributed by atoms with Gasteiger partial charge in [0.05, 0.1) is 7.11 Å². The molecular formula is C17H13O. The van der Waals surface area contributed by atoms with Gasteiger partial charge in [0.15, 0.2) is 0 Å². The second kappa shape index (κ2) is 4.53. The first-order valence-electron chi connectivity index (χ1n) is 5.93. The molecular weight excluding hydrogens is 220 g/mol. The molecule has 0 aliphatic rings. The van der Waals surface area contributed by atoms with Crippen LogP contribution in [0.5, 0.6) is 5.75 Å². The zero-order valence-corrected chi connectivity index (χ0v) is 10.2. The van der Waals surface area contributed by atoms with Crippen LogP contribution < -0.4 is 4.74 Å². The molecule has 3 aromatic rings. The second-order valence-electron chi connectivity index (χ2n) is 4.16. The number of methoxy groups -OCH3 is 1. The fourth-order valence-corrected chi connectivity index (χ4v) is 2.18. The lowest BCUT2D eigenvalue weighted by molar-refractivity contribution is 0.414. The van der Waals surface area contributed by atoms with Crippen LogP contribution >= 0.6 is 0 Å². The largest absolute Gasteiger partial charge is 0.496 e. The van der Waals surface area contributed by atoms with Crippen molar-refractivity contribution < 1.29 is 4.74 Å². The first kappa shape index (κ1) is 10.8. The molecule has 0 N–H and O–H groups in total. The van der Waals surface area contributed by atoms with Crippen LogP contribution in [0.25, 0.3) is 21.9 Å². The summed E-state index contributed by atoms with van der Waals surface area (Å²) in [6.45, 7) is 0. The van der Waals surface area contributed by atoms with E-state index in [1.165, 1.54) is 16.3 Å². The van der Waals surface area contributed by atoms with Gasteiger partial charge in [-0.1, -0.05) is 54.6 Å². The topological polar surface area (TPSA) is 9.23 Å². The number of ether oxygens (including phenoxy) is 1. The maximum atomic E-state index is 5.23.